The Labute approximate surface area is 153 Å². The normalized spacial score (nSPS) is 11.5. The van der Waals surface area contributed by atoms with Gasteiger partial charge < -0.3 is 5.32 Å². The number of benzene rings is 2. The largest absolute Gasteiger partial charge is 0.352 e. The van der Waals surface area contributed by atoms with Crippen molar-refractivity contribution in [3.63, 3.8) is 0 Å². The maximum atomic E-state index is 12.9. The Balaban J connectivity index is 1.93. The molecule has 0 fully saturated rings. The molecule has 0 aliphatic carbocycles. The zero-order valence-electron chi connectivity index (χ0n) is 14.8. The lowest BCUT2D eigenvalue weighted by molar-refractivity contribution is 0.0949. The fourth-order valence-corrected chi connectivity index (χ4v) is 3.28. The van der Waals surface area contributed by atoms with Crippen LogP contribution >= 0.6 is 0 Å². The van der Waals surface area contributed by atoms with Crippen LogP contribution in [0.3, 0.4) is 0 Å². The van der Waals surface area contributed by atoms with Gasteiger partial charge in [-0.2, -0.15) is 0 Å². The predicted molar refractivity (Wildman–Crippen MR) is 98.9 cm³/mol. The second-order valence-corrected chi connectivity index (χ2v) is 8.17. The molecule has 26 heavy (non-hydrogen) atoms. The van der Waals surface area contributed by atoms with Crippen molar-refractivity contribution in [2.75, 3.05) is 13.1 Å². The molecule has 0 radical (unpaired) electrons. The average Bonchev–Trinajstić information content (AvgIpc) is 2.61. The molecule has 0 bridgehead atoms. The van der Waals surface area contributed by atoms with E-state index in [4.69, 9.17) is 0 Å². The van der Waals surface area contributed by atoms with E-state index in [1.54, 1.807) is 12.1 Å². The lowest BCUT2D eigenvalue weighted by Gasteiger charge is -2.09. The third kappa shape index (κ3) is 5.93. The number of nitrogens with one attached hydrogen (secondary N) is 2. The summed E-state index contributed by atoms with van der Waals surface area (Å²) in [4.78, 5) is 12.1. The van der Waals surface area contributed by atoms with Crippen LogP contribution in [0, 0.1) is 11.7 Å². The van der Waals surface area contributed by atoms with Gasteiger partial charge in [0.05, 0.1) is 4.90 Å². The average molecular weight is 378 g/mol. The molecule has 0 spiro atoms. The number of carbonyl (C=O) groups is 1. The summed E-state index contributed by atoms with van der Waals surface area (Å²) >= 11 is 0. The second kappa shape index (κ2) is 8.91. The van der Waals surface area contributed by atoms with Gasteiger partial charge in [-0.3, -0.25) is 4.79 Å². The number of carbonyl (C=O) groups excluding carboxylic acids is 1. The second-order valence-electron chi connectivity index (χ2n) is 6.40. The number of sulfonamides is 1. The molecule has 0 aliphatic rings. The summed E-state index contributed by atoms with van der Waals surface area (Å²) in [6.45, 7) is 4.75. The van der Waals surface area contributed by atoms with Crippen LogP contribution in [0.5, 0.6) is 0 Å². The van der Waals surface area contributed by atoms with Gasteiger partial charge in [0.2, 0.25) is 10.0 Å². The van der Waals surface area contributed by atoms with E-state index in [0.29, 0.717) is 24.4 Å². The maximum Gasteiger partial charge on any atom is 0.251 e. The molecule has 2 aromatic rings. The van der Waals surface area contributed by atoms with Crippen LogP contribution in [-0.2, 0) is 16.4 Å². The van der Waals surface area contributed by atoms with Crippen molar-refractivity contribution in [1.82, 2.24) is 10.0 Å². The summed E-state index contributed by atoms with van der Waals surface area (Å²) < 4.78 is 40.0. The predicted octanol–water partition coefficient (Wildman–Crippen LogP) is 2.73. The molecule has 7 heteroatoms. The van der Waals surface area contributed by atoms with Crippen molar-refractivity contribution >= 4 is 15.9 Å². The molecular formula is C19H23FN2O3S. The lowest BCUT2D eigenvalue weighted by atomic mass is 10.1. The minimum atomic E-state index is -3.66. The van der Waals surface area contributed by atoms with E-state index in [9.17, 15) is 17.6 Å². The van der Waals surface area contributed by atoms with Crippen molar-refractivity contribution in [1.29, 1.82) is 0 Å². The van der Waals surface area contributed by atoms with E-state index in [0.717, 1.165) is 5.56 Å². The van der Waals surface area contributed by atoms with Gasteiger partial charge in [-0.25, -0.2) is 17.5 Å². The Morgan fingerprint density at radius 1 is 1.04 bits per heavy atom. The number of halogens is 1. The topological polar surface area (TPSA) is 75.3 Å². The van der Waals surface area contributed by atoms with Crippen molar-refractivity contribution in [2.45, 2.75) is 25.2 Å². The highest BCUT2D eigenvalue weighted by Gasteiger charge is 2.14. The molecule has 2 N–H and O–H groups in total. The fourth-order valence-electron chi connectivity index (χ4n) is 2.25. The van der Waals surface area contributed by atoms with Crippen LogP contribution in [0.15, 0.2) is 53.4 Å². The van der Waals surface area contributed by atoms with Crippen molar-refractivity contribution < 1.29 is 17.6 Å². The first-order chi connectivity index (χ1) is 12.3. The number of rotatable bonds is 8. The molecule has 0 saturated heterocycles. The zero-order valence-corrected chi connectivity index (χ0v) is 15.6. The van der Waals surface area contributed by atoms with Crippen LogP contribution in [0.4, 0.5) is 4.39 Å². The fraction of sp³-hybridized carbons (Fsp3) is 0.316. The molecule has 1 amide bonds. The van der Waals surface area contributed by atoms with Crippen molar-refractivity contribution in [3.8, 4) is 0 Å². The first kappa shape index (κ1) is 20.1. The molecule has 0 unspecified atom stereocenters. The van der Waals surface area contributed by atoms with E-state index in [2.05, 4.69) is 10.0 Å². The third-order valence-corrected chi connectivity index (χ3v) is 5.19. The summed E-state index contributed by atoms with van der Waals surface area (Å²) in [7, 11) is -3.66. The first-order valence-electron chi connectivity index (χ1n) is 8.40. The van der Waals surface area contributed by atoms with E-state index in [1.165, 1.54) is 36.4 Å². The number of hydrogen-bond acceptors (Lipinski definition) is 3. The minimum Gasteiger partial charge on any atom is -0.352 e. The molecule has 0 heterocycles. The van der Waals surface area contributed by atoms with Gasteiger partial charge in [-0.1, -0.05) is 26.0 Å². The van der Waals surface area contributed by atoms with Gasteiger partial charge in [0.1, 0.15) is 5.82 Å². The molecule has 5 nitrogen and oxygen atoms in total. The Morgan fingerprint density at radius 3 is 2.23 bits per heavy atom. The number of hydrogen-bond donors (Lipinski definition) is 2. The Morgan fingerprint density at radius 2 is 1.65 bits per heavy atom. The van der Waals surface area contributed by atoms with E-state index in [-0.39, 0.29) is 23.2 Å². The summed E-state index contributed by atoms with van der Waals surface area (Å²) in [5.74, 6) is -0.220. The standard InChI is InChI=1S/C19H23FN2O3S/c1-14(2)13-21-19(23)16-5-9-18(10-6-16)26(24,25)22-12-11-15-3-7-17(20)8-4-15/h3-10,14,22H,11-13H2,1-2H3,(H,21,23). The molecule has 140 valence electrons. The first-order valence-corrected chi connectivity index (χ1v) is 9.88. The molecular weight excluding hydrogens is 355 g/mol. The van der Waals surface area contributed by atoms with E-state index < -0.39 is 10.0 Å². The lowest BCUT2D eigenvalue weighted by Crippen LogP contribution is -2.28. The van der Waals surface area contributed by atoms with Crippen LogP contribution < -0.4 is 10.0 Å². The SMILES string of the molecule is CC(C)CNC(=O)c1ccc(S(=O)(=O)NCCc2ccc(F)cc2)cc1. The summed E-state index contributed by atoms with van der Waals surface area (Å²) in [6.07, 6.45) is 0.454. The van der Waals surface area contributed by atoms with Gasteiger partial charge >= 0.3 is 0 Å². The van der Waals surface area contributed by atoms with Crippen molar-refractivity contribution in [2.24, 2.45) is 5.92 Å². The highest BCUT2D eigenvalue weighted by molar-refractivity contribution is 7.89. The Bertz CT molecular complexity index is 832. The van der Waals surface area contributed by atoms with Crippen LogP contribution in [0.25, 0.3) is 0 Å². The van der Waals surface area contributed by atoms with Crippen LogP contribution in [0.2, 0.25) is 0 Å². The van der Waals surface area contributed by atoms with E-state index in [1.807, 2.05) is 13.8 Å². The highest BCUT2D eigenvalue weighted by Crippen LogP contribution is 2.11. The smallest absolute Gasteiger partial charge is 0.251 e. The Kier molecular flexibility index (Phi) is 6.88. The quantitative estimate of drug-likeness (QED) is 0.742. The third-order valence-electron chi connectivity index (χ3n) is 3.72. The zero-order chi connectivity index (χ0) is 19.2. The van der Waals surface area contributed by atoms with E-state index >= 15 is 0 Å². The van der Waals surface area contributed by atoms with Crippen LogP contribution in [0.1, 0.15) is 29.8 Å². The summed E-state index contributed by atoms with van der Waals surface area (Å²) in [5.41, 5.74) is 1.25. The van der Waals surface area contributed by atoms with Crippen molar-refractivity contribution in [3.05, 3.63) is 65.5 Å². The molecule has 2 aromatic carbocycles. The van der Waals surface area contributed by atoms with Gasteiger partial charge in [0, 0.05) is 18.7 Å². The van der Waals surface area contributed by atoms with Gasteiger partial charge in [-0.15, -0.1) is 0 Å². The highest BCUT2D eigenvalue weighted by atomic mass is 32.2. The van der Waals surface area contributed by atoms with Crippen LogP contribution in [-0.4, -0.2) is 27.4 Å². The van der Waals surface area contributed by atoms with Gasteiger partial charge in [-0.05, 0) is 54.3 Å². The molecule has 2 rings (SSSR count). The van der Waals surface area contributed by atoms with Gasteiger partial charge in [0.15, 0.2) is 0 Å². The molecule has 0 saturated carbocycles. The number of amides is 1. The van der Waals surface area contributed by atoms with Gasteiger partial charge in [0.25, 0.3) is 5.91 Å². The monoisotopic (exact) mass is 378 g/mol. The Hall–Kier alpha value is -2.25. The summed E-state index contributed by atoms with van der Waals surface area (Å²) in [5, 5.41) is 2.78. The molecule has 0 atom stereocenters. The minimum absolute atomic E-state index is 0.0945. The summed E-state index contributed by atoms with van der Waals surface area (Å²) in [6, 6.07) is 11.7. The maximum absolute atomic E-state index is 12.9. The molecule has 0 aliphatic heterocycles. The molecule has 0 aromatic heterocycles.